The lowest BCUT2D eigenvalue weighted by molar-refractivity contribution is -0.415. The number of ether oxygens (including phenoxy) is 8. The van der Waals surface area contributed by atoms with Gasteiger partial charge in [0, 0.05) is 12.3 Å². The molecule has 4 aliphatic carbocycles. The van der Waals surface area contributed by atoms with Gasteiger partial charge in [0.25, 0.3) is 0 Å². The summed E-state index contributed by atoms with van der Waals surface area (Å²) in [5.41, 5.74) is 0.367. The first-order valence-electron chi connectivity index (χ1n) is 22.2. The Morgan fingerprint density at radius 1 is 0.569 bits per heavy atom. The van der Waals surface area contributed by atoms with E-state index < -0.39 is 85.9 Å². The van der Waals surface area contributed by atoms with Gasteiger partial charge < -0.3 is 78.7 Å². The van der Waals surface area contributed by atoms with Gasteiger partial charge in [-0.15, -0.1) is 0 Å². The van der Waals surface area contributed by atoms with Gasteiger partial charge in [0.1, 0.15) is 54.9 Å². The second-order valence-corrected chi connectivity index (χ2v) is 20.3. The molecule has 5 aliphatic heterocycles. The third-order valence-corrected chi connectivity index (χ3v) is 17.2. The van der Waals surface area contributed by atoms with Gasteiger partial charge in [-0.05, 0) is 104 Å². The van der Waals surface area contributed by atoms with Gasteiger partial charge in [-0.1, -0.05) is 27.7 Å². The first kappa shape index (κ1) is 42.7. The molecular formula is C42H68O16. The van der Waals surface area contributed by atoms with Crippen LogP contribution in [-0.2, 0) is 37.9 Å². The number of fused-ring (bicyclic) bond motifs is 7. The van der Waals surface area contributed by atoms with Crippen molar-refractivity contribution in [2.45, 2.75) is 190 Å². The summed E-state index contributed by atoms with van der Waals surface area (Å²) in [5.74, 6) is 3.32. The van der Waals surface area contributed by atoms with E-state index in [1.807, 2.05) is 0 Å². The van der Waals surface area contributed by atoms with Crippen LogP contribution in [0.5, 0.6) is 0 Å². The summed E-state index contributed by atoms with van der Waals surface area (Å²) in [7, 11) is 0. The molecule has 4 saturated carbocycles. The van der Waals surface area contributed by atoms with Crippen LogP contribution >= 0.6 is 0 Å². The fourth-order valence-electron chi connectivity index (χ4n) is 13.8. The van der Waals surface area contributed by atoms with Crippen molar-refractivity contribution in [3.63, 3.8) is 0 Å². The second-order valence-electron chi connectivity index (χ2n) is 20.3. The summed E-state index contributed by atoms with van der Waals surface area (Å²) in [5, 5.41) is 84.6. The van der Waals surface area contributed by atoms with E-state index in [0.29, 0.717) is 41.4 Å². The van der Waals surface area contributed by atoms with Gasteiger partial charge in [0.2, 0.25) is 0 Å². The van der Waals surface area contributed by atoms with Gasteiger partial charge in [-0.25, -0.2) is 0 Å². The molecule has 5 heterocycles. The van der Waals surface area contributed by atoms with Crippen LogP contribution < -0.4 is 0 Å². The highest BCUT2D eigenvalue weighted by Crippen LogP contribution is 2.71. The van der Waals surface area contributed by atoms with E-state index in [1.54, 1.807) is 0 Å². The van der Waals surface area contributed by atoms with Gasteiger partial charge in [0.05, 0.1) is 32.0 Å². The molecule has 0 amide bonds. The highest BCUT2D eigenvalue weighted by Gasteiger charge is 2.69. The van der Waals surface area contributed by atoms with Crippen LogP contribution in [0.1, 0.15) is 91.9 Å². The van der Waals surface area contributed by atoms with Crippen molar-refractivity contribution in [3.8, 4) is 0 Å². The molecule has 9 rings (SSSR count). The average Bonchev–Trinajstić information content (AvgIpc) is 3.65. The first-order valence-corrected chi connectivity index (χ1v) is 22.2. The van der Waals surface area contributed by atoms with Crippen LogP contribution in [0.2, 0.25) is 0 Å². The maximum Gasteiger partial charge on any atom is 0.192 e. The van der Waals surface area contributed by atoms with E-state index in [0.717, 1.165) is 58.0 Å². The quantitative estimate of drug-likeness (QED) is 0.170. The molecule has 0 radical (unpaired) electrons. The van der Waals surface area contributed by atoms with Crippen LogP contribution in [0.25, 0.3) is 0 Å². The minimum absolute atomic E-state index is 0.132. The zero-order valence-corrected chi connectivity index (χ0v) is 34.2. The average molecular weight is 829 g/mol. The van der Waals surface area contributed by atoms with E-state index in [-0.39, 0.29) is 36.3 Å². The predicted molar refractivity (Wildman–Crippen MR) is 199 cm³/mol. The molecule has 332 valence electrons. The van der Waals surface area contributed by atoms with Crippen LogP contribution in [0.4, 0.5) is 0 Å². The standard InChI is InChI=1S/C42H68O16/c1-18-7-12-42(53-15-18)19(2)28-27(58-42)14-24-22-6-5-20-13-21(8-10-40(20,3)23(22)9-11-41(24,28)4)54-38-34(50)31(47)35(55-36-32(48)29(45)25(43)16-51-36)39(57-38)56-37-33(49)30(46)26(44)17-52-37/h18-39,43-50H,5-17H2,1-4H3/t18-,19+,20-,21-,22-,23+,24+,25-,26+,27+,28+,29+,30+,31-,32-,33-,34-,35+,36+,37+,38-,39+,40-,41+,42-/m1/s1. The summed E-state index contributed by atoms with van der Waals surface area (Å²) in [4.78, 5) is 0. The molecule has 58 heavy (non-hydrogen) atoms. The van der Waals surface area contributed by atoms with E-state index in [9.17, 15) is 40.9 Å². The first-order chi connectivity index (χ1) is 27.5. The molecule has 8 N–H and O–H groups in total. The SMILES string of the molecule is C[C@@H]1CC[C@@]2(OC1)O[C@H]1C[C@H]3[C@@H]4CC[C@@H]5C[C@H](O[C@@H]6O[C@H](O[C@@H]7OC[C@H](O)[C@H](O)[C@H]7O)[C@@H](O[C@@H]7OC[C@@H](O)[C@H](O)[C@H]7O)[C@H](O)[C@H]6O)CC[C@@]5(C)[C@H]4CC[C@]3(C)[C@H]1[C@@H]2C. The summed E-state index contributed by atoms with van der Waals surface area (Å²) in [6.45, 7) is 9.73. The highest BCUT2D eigenvalue weighted by atomic mass is 16.8. The van der Waals surface area contributed by atoms with Crippen molar-refractivity contribution in [3.05, 3.63) is 0 Å². The number of rotatable bonds is 6. The molecule has 1 spiro atoms. The lowest BCUT2D eigenvalue weighted by Crippen LogP contribution is -2.65. The smallest absolute Gasteiger partial charge is 0.192 e. The molecule has 0 aromatic rings. The molecule has 25 atom stereocenters. The monoisotopic (exact) mass is 828 g/mol. The summed E-state index contributed by atoms with van der Waals surface area (Å²) < 4.78 is 48.7. The third kappa shape index (κ3) is 6.96. The van der Waals surface area contributed by atoms with Gasteiger partial charge in [-0.3, -0.25) is 0 Å². The largest absolute Gasteiger partial charge is 0.388 e. The Labute approximate surface area is 340 Å². The second kappa shape index (κ2) is 15.9. The van der Waals surface area contributed by atoms with Gasteiger partial charge >= 0.3 is 0 Å². The normalized spacial score (nSPS) is 59.6. The summed E-state index contributed by atoms with van der Waals surface area (Å²) >= 11 is 0. The summed E-state index contributed by atoms with van der Waals surface area (Å²) in [6, 6.07) is 0. The van der Waals surface area contributed by atoms with Crippen LogP contribution in [0.3, 0.4) is 0 Å². The number of aliphatic hydroxyl groups excluding tert-OH is 8. The lowest BCUT2D eigenvalue weighted by atomic mass is 9.44. The van der Waals surface area contributed by atoms with E-state index in [1.165, 1.54) is 12.8 Å². The zero-order chi connectivity index (χ0) is 41.1. The number of aliphatic hydroxyl groups is 8. The Balaban J connectivity index is 0.865. The van der Waals surface area contributed by atoms with Crippen LogP contribution in [-0.4, -0.2) is 159 Å². The molecule has 0 bridgehead atoms. The molecule has 16 nitrogen and oxygen atoms in total. The molecular weight excluding hydrogens is 760 g/mol. The van der Waals surface area contributed by atoms with E-state index in [4.69, 9.17) is 37.9 Å². The van der Waals surface area contributed by atoms with Gasteiger partial charge in [-0.2, -0.15) is 0 Å². The van der Waals surface area contributed by atoms with Crippen LogP contribution in [0, 0.1) is 52.3 Å². The highest BCUT2D eigenvalue weighted by molar-refractivity contribution is 5.15. The molecule has 0 aromatic heterocycles. The van der Waals surface area contributed by atoms with Crippen molar-refractivity contribution < 1.29 is 78.7 Å². The topological polar surface area (TPSA) is 236 Å². The maximum atomic E-state index is 11.5. The van der Waals surface area contributed by atoms with E-state index in [2.05, 4.69) is 27.7 Å². The molecule has 0 aromatic carbocycles. The fraction of sp³-hybridized carbons (Fsp3) is 1.00. The molecule has 9 aliphatic rings. The zero-order valence-electron chi connectivity index (χ0n) is 34.2. The fourth-order valence-corrected chi connectivity index (χ4v) is 13.8. The van der Waals surface area contributed by atoms with Crippen LogP contribution in [0.15, 0.2) is 0 Å². The van der Waals surface area contributed by atoms with E-state index >= 15 is 0 Å². The Morgan fingerprint density at radius 2 is 1.22 bits per heavy atom. The molecule has 9 fully saturated rings. The lowest BCUT2D eigenvalue weighted by Gasteiger charge is -2.61. The van der Waals surface area contributed by atoms with Crippen molar-refractivity contribution in [1.29, 1.82) is 0 Å². The summed E-state index contributed by atoms with van der Waals surface area (Å²) in [6.07, 6.45) is -10.1. The molecule has 0 unspecified atom stereocenters. The van der Waals surface area contributed by atoms with Crippen molar-refractivity contribution in [1.82, 2.24) is 0 Å². The Kier molecular flexibility index (Phi) is 11.7. The van der Waals surface area contributed by atoms with Crippen molar-refractivity contribution >= 4 is 0 Å². The Hall–Kier alpha value is -0.640. The minimum Gasteiger partial charge on any atom is -0.388 e. The van der Waals surface area contributed by atoms with Crippen molar-refractivity contribution in [2.75, 3.05) is 19.8 Å². The molecule has 16 heteroatoms. The maximum absolute atomic E-state index is 11.5. The predicted octanol–water partition coefficient (Wildman–Crippen LogP) is 0.502. The minimum atomic E-state index is -1.73. The van der Waals surface area contributed by atoms with Crippen molar-refractivity contribution in [2.24, 2.45) is 52.3 Å². The molecule has 5 saturated heterocycles. The third-order valence-electron chi connectivity index (χ3n) is 17.2. The Morgan fingerprint density at radius 3 is 1.90 bits per heavy atom. The number of hydrogen-bond acceptors (Lipinski definition) is 16. The Bertz CT molecular complexity index is 1450. The number of hydrogen-bond donors (Lipinski definition) is 8. The van der Waals surface area contributed by atoms with Gasteiger partial charge in [0.15, 0.2) is 30.9 Å².